The number of hydrogen-bond donors (Lipinski definition) is 2. The zero-order chi connectivity index (χ0) is 22.8. The Balaban J connectivity index is 1.32. The van der Waals surface area contributed by atoms with Gasteiger partial charge >= 0.3 is 0 Å². The predicted molar refractivity (Wildman–Crippen MR) is 124 cm³/mol. The van der Waals surface area contributed by atoms with Gasteiger partial charge in [-0.2, -0.15) is 5.10 Å². The SMILES string of the molecule is Cc1cnn(CCN2CC[C@]34CCN(CC5(F)CC5)[C@H](Cc5ccc(O)cc53)[C@]4(O)CC2)c1. The molecule has 1 aromatic heterocycles. The van der Waals surface area contributed by atoms with Crippen LogP contribution in [0.5, 0.6) is 5.75 Å². The van der Waals surface area contributed by atoms with E-state index in [0.29, 0.717) is 25.8 Å². The number of likely N-dealkylation sites (tertiary alicyclic amines) is 2. The molecule has 7 heteroatoms. The zero-order valence-corrected chi connectivity index (χ0v) is 19.5. The lowest BCUT2D eigenvalue weighted by Gasteiger charge is -2.61. The third-order valence-electron chi connectivity index (χ3n) is 9.02. The van der Waals surface area contributed by atoms with Gasteiger partial charge in [-0.1, -0.05) is 6.07 Å². The van der Waals surface area contributed by atoms with Crippen molar-refractivity contribution in [2.75, 3.05) is 32.7 Å². The van der Waals surface area contributed by atoms with Crippen molar-refractivity contribution in [3.63, 3.8) is 0 Å². The zero-order valence-electron chi connectivity index (χ0n) is 19.5. The summed E-state index contributed by atoms with van der Waals surface area (Å²) in [6.45, 7) is 6.73. The van der Waals surface area contributed by atoms with Crippen LogP contribution in [0.4, 0.5) is 4.39 Å². The highest BCUT2D eigenvalue weighted by molar-refractivity contribution is 5.48. The lowest BCUT2D eigenvalue weighted by Crippen LogP contribution is -2.72. The van der Waals surface area contributed by atoms with E-state index in [1.54, 1.807) is 6.07 Å². The molecule has 2 aliphatic heterocycles. The van der Waals surface area contributed by atoms with E-state index < -0.39 is 16.7 Å². The van der Waals surface area contributed by atoms with Gasteiger partial charge in [0.2, 0.25) is 0 Å². The summed E-state index contributed by atoms with van der Waals surface area (Å²) in [6.07, 6.45) is 8.28. The monoisotopic (exact) mass is 454 g/mol. The number of halogens is 1. The molecule has 6 nitrogen and oxygen atoms in total. The van der Waals surface area contributed by atoms with Crippen LogP contribution < -0.4 is 0 Å². The third-order valence-corrected chi connectivity index (χ3v) is 9.02. The molecule has 1 aromatic carbocycles. The van der Waals surface area contributed by atoms with Crippen molar-refractivity contribution in [1.29, 1.82) is 0 Å². The van der Waals surface area contributed by atoms with E-state index >= 15 is 0 Å². The van der Waals surface area contributed by atoms with Crippen molar-refractivity contribution in [3.05, 3.63) is 47.3 Å². The second-order valence-corrected chi connectivity index (χ2v) is 11.1. The van der Waals surface area contributed by atoms with Gasteiger partial charge in [0.15, 0.2) is 0 Å². The summed E-state index contributed by atoms with van der Waals surface area (Å²) < 4.78 is 16.8. The summed E-state index contributed by atoms with van der Waals surface area (Å²) in [5.74, 6) is 0.266. The second kappa shape index (κ2) is 7.52. The standard InChI is InChI=1S/C26H35FN4O2/c1-19-16-28-31(17-19)13-12-29-9-6-25-7-11-30(18-24(27)4-5-24)23(26(25,33)8-10-29)14-20-2-3-21(32)15-22(20)25/h2-3,15-17,23,32-33H,4-14,18H2,1H3/t23-,25+,26-/m1/s1. The Kier molecular flexibility index (Phi) is 4.91. The van der Waals surface area contributed by atoms with Crippen molar-refractivity contribution in [2.24, 2.45) is 0 Å². The molecule has 178 valence electrons. The molecule has 0 amide bonds. The molecule has 2 bridgehead atoms. The van der Waals surface area contributed by atoms with Crippen molar-refractivity contribution in [1.82, 2.24) is 19.6 Å². The number of aromatic nitrogens is 2. The number of hydrogen-bond acceptors (Lipinski definition) is 5. The molecule has 2 N–H and O–H groups in total. The maximum atomic E-state index is 14.8. The van der Waals surface area contributed by atoms with Gasteiger partial charge in [-0.05, 0) is 87.4 Å². The third kappa shape index (κ3) is 3.51. The van der Waals surface area contributed by atoms with Crippen LogP contribution in [0.2, 0.25) is 0 Å². The lowest BCUT2D eigenvalue weighted by molar-refractivity contribution is -0.152. The molecular weight excluding hydrogens is 419 g/mol. The molecule has 0 radical (unpaired) electrons. The first kappa shape index (κ1) is 21.6. The van der Waals surface area contributed by atoms with Crippen molar-refractivity contribution < 1.29 is 14.6 Å². The summed E-state index contributed by atoms with van der Waals surface area (Å²) in [6, 6.07) is 5.59. The highest BCUT2D eigenvalue weighted by Crippen LogP contribution is 2.57. The van der Waals surface area contributed by atoms with E-state index in [1.165, 1.54) is 5.56 Å². The highest BCUT2D eigenvalue weighted by Gasteiger charge is 2.64. The number of benzene rings is 1. The topological polar surface area (TPSA) is 64.8 Å². The van der Waals surface area contributed by atoms with Gasteiger partial charge in [-0.3, -0.25) is 9.58 Å². The normalized spacial score (nSPS) is 33.2. The number of aryl methyl sites for hydroxylation is 1. The molecule has 6 rings (SSSR count). The van der Waals surface area contributed by atoms with Crippen molar-refractivity contribution >= 4 is 0 Å². The van der Waals surface area contributed by atoms with Gasteiger partial charge in [-0.15, -0.1) is 0 Å². The summed E-state index contributed by atoms with van der Waals surface area (Å²) in [5, 5.41) is 27.2. The fraction of sp³-hybridized carbons (Fsp3) is 0.654. The molecule has 3 atom stereocenters. The minimum absolute atomic E-state index is 0.0785. The average Bonchev–Trinajstić information content (AvgIpc) is 3.40. The maximum Gasteiger partial charge on any atom is 0.123 e. The Bertz CT molecular complexity index is 1050. The molecule has 4 aliphatic rings. The smallest absolute Gasteiger partial charge is 0.123 e. The van der Waals surface area contributed by atoms with E-state index in [4.69, 9.17) is 0 Å². The largest absolute Gasteiger partial charge is 0.508 e. The molecule has 1 saturated carbocycles. The Morgan fingerprint density at radius 3 is 2.64 bits per heavy atom. The average molecular weight is 455 g/mol. The number of phenolic OH excluding ortho intramolecular Hbond substituents is 1. The lowest BCUT2D eigenvalue weighted by atomic mass is 9.52. The molecule has 0 spiro atoms. The minimum atomic E-state index is -1.07. The molecular formula is C26H35FN4O2. The van der Waals surface area contributed by atoms with Crippen LogP contribution in [0.15, 0.2) is 30.6 Å². The predicted octanol–water partition coefficient (Wildman–Crippen LogP) is 2.79. The van der Waals surface area contributed by atoms with E-state index in [-0.39, 0.29) is 11.8 Å². The number of aromatic hydroxyl groups is 1. The van der Waals surface area contributed by atoms with Crippen LogP contribution in [-0.2, 0) is 18.4 Å². The molecule has 2 aliphatic carbocycles. The van der Waals surface area contributed by atoms with Gasteiger partial charge in [0.25, 0.3) is 0 Å². The summed E-state index contributed by atoms with van der Waals surface area (Å²) in [5.41, 5.74) is 1.10. The minimum Gasteiger partial charge on any atom is -0.508 e. The summed E-state index contributed by atoms with van der Waals surface area (Å²) >= 11 is 0. The number of rotatable bonds is 5. The summed E-state index contributed by atoms with van der Waals surface area (Å²) in [4.78, 5) is 4.70. The number of piperidine rings is 1. The Hall–Kier alpha value is -1.96. The van der Waals surface area contributed by atoms with Gasteiger partial charge in [0.05, 0.1) is 18.3 Å². The molecule has 3 fully saturated rings. The van der Waals surface area contributed by atoms with Crippen LogP contribution in [0, 0.1) is 6.92 Å². The fourth-order valence-electron chi connectivity index (χ4n) is 6.96. The quantitative estimate of drug-likeness (QED) is 0.728. The molecule has 2 aromatic rings. The molecule has 33 heavy (non-hydrogen) atoms. The van der Waals surface area contributed by atoms with E-state index in [2.05, 4.69) is 28.0 Å². The van der Waals surface area contributed by atoms with E-state index in [0.717, 1.165) is 63.1 Å². The first-order valence-electron chi connectivity index (χ1n) is 12.5. The van der Waals surface area contributed by atoms with Crippen LogP contribution in [0.1, 0.15) is 48.8 Å². The van der Waals surface area contributed by atoms with E-state index in [1.807, 2.05) is 23.0 Å². The first-order valence-corrected chi connectivity index (χ1v) is 12.5. The second-order valence-electron chi connectivity index (χ2n) is 11.1. The Labute approximate surface area is 195 Å². The van der Waals surface area contributed by atoms with Crippen LogP contribution in [0.3, 0.4) is 0 Å². The van der Waals surface area contributed by atoms with Gasteiger partial charge in [-0.25, -0.2) is 4.39 Å². The number of aliphatic hydroxyl groups is 1. The number of fused-ring (bicyclic) bond motifs is 1. The van der Waals surface area contributed by atoms with Crippen LogP contribution in [0.25, 0.3) is 0 Å². The fourth-order valence-corrected chi connectivity index (χ4v) is 6.96. The van der Waals surface area contributed by atoms with Crippen LogP contribution in [-0.4, -0.2) is 79.8 Å². The van der Waals surface area contributed by atoms with Crippen LogP contribution >= 0.6 is 0 Å². The first-order chi connectivity index (χ1) is 15.8. The maximum absolute atomic E-state index is 14.8. The number of nitrogens with zero attached hydrogens (tertiary/aromatic N) is 4. The number of phenols is 1. The van der Waals surface area contributed by atoms with Gasteiger partial charge in [0, 0.05) is 37.3 Å². The van der Waals surface area contributed by atoms with Gasteiger partial charge in [0.1, 0.15) is 11.4 Å². The molecule has 0 unspecified atom stereocenters. The van der Waals surface area contributed by atoms with E-state index in [9.17, 15) is 14.6 Å². The molecule has 3 heterocycles. The van der Waals surface area contributed by atoms with Crippen molar-refractivity contribution in [2.45, 2.75) is 74.7 Å². The summed E-state index contributed by atoms with van der Waals surface area (Å²) in [7, 11) is 0. The Morgan fingerprint density at radius 2 is 1.88 bits per heavy atom. The molecule has 2 saturated heterocycles. The Morgan fingerprint density at radius 1 is 1.09 bits per heavy atom. The highest BCUT2D eigenvalue weighted by atomic mass is 19.1. The van der Waals surface area contributed by atoms with Gasteiger partial charge < -0.3 is 15.1 Å². The number of alkyl halides is 1. The van der Waals surface area contributed by atoms with Crippen molar-refractivity contribution in [3.8, 4) is 5.75 Å².